The van der Waals surface area contributed by atoms with E-state index in [1.54, 1.807) is 6.92 Å². The Hall–Kier alpha value is -1.57. The molecule has 0 N–H and O–H groups in total. The van der Waals surface area contributed by atoms with Gasteiger partial charge in [-0.25, -0.2) is 4.79 Å². The molecule has 0 aliphatic heterocycles. The smallest absolute Gasteiger partial charge is 0.333 e. The lowest BCUT2D eigenvalue weighted by Crippen LogP contribution is -2.09. The van der Waals surface area contributed by atoms with Gasteiger partial charge in [0.2, 0.25) is 0 Å². The number of hydrogen-bond donors (Lipinski definition) is 0. The van der Waals surface area contributed by atoms with Gasteiger partial charge in [0.05, 0.1) is 6.61 Å². The summed E-state index contributed by atoms with van der Waals surface area (Å²) in [5.41, 5.74) is 3.01. The number of benzene rings is 1. The van der Waals surface area contributed by atoms with Gasteiger partial charge in [0.15, 0.2) is 0 Å². The van der Waals surface area contributed by atoms with Crippen LogP contribution < -0.4 is 0 Å². The van der Waals surface area contributed by atoms with Crippen LogP contribution in [0.2, 0.25) is 0 Å². The minimum Gasteiger partial charge on any atom is -0.462 e. The van der Waals surface area contributed by atoms with E-state index in [-0.39, 0.29) is 5.97 Å². The van der Waals surface area contributed by atoms with Crippen molar-refractivity contribution in [2.75, 3.05) is 6.61 Å². The van der Waals surface area contributed by atoms with Crippen molar-refractivity contribution in [1.82, 2.24) is 0 Å². The van der Waals surface area contributed by atoms with Gasteiger partial charge in [-0.1, -0.05) is 44.7 Å². The maximum Gasteiger partial charge on any atom is 0.333 e. The Labute approximate surface area is 103 Å². The molecule has 0 aromatic heterocycles. The van der Waals surface area contributed by atoms with Gasteiger partial charge >= 0.3 is 5.97 Å². The topological polar surface area (TPSA) is 26.3 Å². The van der Waals surface area contributed by atoms with Gasteiger partial charge < -0.3 is 4.74 Å². The van der Waals surface area contributed by atoms with Crippen LogP contribution in [0.1, 0.15) is 37.8 Å². The number of carbonyl (C=O) groups excluding carboxylic acids is 1. The monoisotopic (exact) mass is 232 g/mol. The van der Waals surface area contributed by atoms with E-state index in [2.05, 4.69) is 32.6 Å². The summed E-state index contributed by atoms with van der Waals surface area (Å²) in [5.74, 6) is 0.176. The van der Waals surface area contributed by atoms with Crippen molar-refractivity contribution < 1.29 is 9.53 Å². The molecule has 1 aromatic rings. The highest BCUT2D eigenvalue weighted by atomic mass is 16.5. The third kappa shape index (κ3) is 4.06. The van der Waals surface area contributed by atoms with E-state index < -0.39 is 0 Å². The Bertz CT molecular complexity index is 405. The molecular formula is C15H20O2. The van der Waals surface area contributed by atoms with E-state index in [9.17, 15) is 4.79 Å². The van der Waals surface area contributed by atoms with E-state index in [4.69, 9.17) is 4.74 Å². The maximum atomic E-state index is 11.2. The lowest BCUT2D eigenvalue weighted by atomic mass is 9.96. The number of carbonyl (C=O) groups is 1. The van der Waals surface area contributed by atoms with E-state index in [0.717, 1.165) is 6.42 Å². The van der Waals surface area contributed by atoms with Crippen molar-refractivity contribution in [1.29, 1.82) is 0 Å². The zero-order valence-corrected chi connectivity index (χ0v) is 10.8. The molecule has 0 amide bonds. The first-order valence-corrected chi connectivity index (χ1v) is 5.92. The van der Waals surface area contributed by atoms with Crippen LogP contribution in [0.25, 0.3) is 0 Å². The van der Waals surface area contributed by atoms with Crippen LogP contribution >= 0.6 is 0 Å². The standard InChI is InChI=1S/C15H20O2/c1-11(2)14-8-6-5-7-13(14)9-10-17-15(16)12(3)4/h5-8,11H,3,9-10H2,1-2,4H3. The molecule has 0 saturated heterocycles. The van der Waals surface area contributed by atoms with E-state index >= 15 is 0 Å². The van der Waals surface area contributed by atoms with Gasteiger partial charge in [-0.3, -0.25) is 0 Å². The first kappa shape index (κ1) is 13.5. The van der Waals surface area contributed by atoms with Crippen molar-refractivity contribution in [2.45, 2.75) is 33.1 Å². The van der Waals surface area contributed by atoms with Crippen LogP contribution in [0, 0.1) is 0 Å². The van der Waals surface area contributed by atoms with E-state index in [0.29, 0.717) is 18.1 Å². The Morgan fingerprint density at radius 3 is 2.59 bits per heavy atom. The highest BCUT2D eigenvalue weighted by molar-refractivity contribution is 5.86. The number of ether oxygens (including phenoxy) is 1. The minimum atomic E-state index is -0.313. The average molecular weight is 232 g/mol. The largest absolute Gasteiger partial charge is 0.462 e. The van der Waals surface area contributed by atoms with Crippen molar-refractivity contribution in [2.24, 2.45) is 0 Å². The highest BCUT2D eigenvalue weighted by Crippen LogP contribution is 2.19. The summed E-state index contributed by atoms with van der Waals surface area (Å²) < 4.78 is 5.10. The molecule has 92 valence electrons. The van der Waals surface area contributed by atoms with Gasteiger partial charge in [-0.2, -0.15) is 0 Å². The first-order chi connectivity index (χ1) is 8.02. The van der Waals surface area contributed by atoms with Gasteiger partial charge in [0, 0.05) is 12.0 Å². The van der Waals surface area contributed by atoms with Crippen LogP contribution in [0.15, 0.2) is 36.4 Å². The molecule has 0 bridgehead atoms. The zero-order chi connectivity index (χ0) is 12.8. The number of rotatable bonds is 5. The molecule has 0 atom stereocenters. The molecule has 1 rings (SSSR count). The van der Waals surface area contributed by atoms with Crippen molar-refractivity contribution in [3.63, 3.8) is 0 Å². The maximum absolute atomic E-state index is 11.2. The molecule has 17 heavy (non-hydrogen) atoms. The summed E-state index contributed by atoms with van der Waals surface area (Å²) in [4.78, 5) is 11.2. The van der Waals surface area contributed by atoms with Crippen LogP contribution in [-0.2, 0) is 16.0 Å². The average Bonchev–Trinajstić information content (AvgIpc) is 2.29. The van der Waals surface area contributed by atoms with Crippen molar-refractivity contribution >= 4 is 5.97 Å². The summed E-state index contributed by atoms with van der Waals surface area (Å²) in [6.45, 7) is 9.95. The van der Waals surface area contributed by atoms with Gasteiger partial charge in [-0.15, -0.1) is 0 Å². The molecule has 0 aliphatic rings. The molecule has 0 spiro atoms. The minimum absolute atomic E-state index is 0.313. The SMILES string of the molecule is C=C(C)C(=O)OCCc1ccccc1C(C)C. The summed E-state index contributed by atoms with van der Waals surface area (Å²) in [6, 6.07) is 8.27. The Balaban J connectivity index is 2.58. The molecule has 0 unspecified atom stereocenters. The molecular weight excluding hydrogens is 212 g/mol. The Morgan fingerprint density at radius 1 is 1.35 bits per heavy atom. The third-order valence-corrected chi connectivity index (χ3v) is 2.63. The fourth-order valence-electron chi connectivity index (χ4n) is 1.70. The van der Waals surface area contributed by atoms with Crippen LogP contribution in [-0.4, -0.2) is 12.6 Å². The van der Waals surface area contributed by atoms with Crippen molar-refractivity contribution in [3.8, 4) is 0 Å². The normalized spacial score (nSPS) is 10.4. The molecule has 0 fully saturated rings. The van der Waals surface area contributed by atoms with Gasteiger partial charge in [0.1, 0.15) is 0 Å². The number of hydrogen-bond acceptors (Lipinski definition) is 2. The zero-order valence-electron chi connectivity index (χ0n) is 10.8. The molecule has 0 heterocycles. The summed E-state index contributed by atoms with van der Waals surface area (Å²) in [6.07, 6.45) is 0.757. The second-order valence-electron chi connectivity index (χ2n) is 4.52. The summed E-state index contributed by atoms with van der Waals surface area (Å²) in [7, 11) is 0. The first-order valence-electron chi connectivity index (χ1n) is 5.92. The molecule has 1 aromatic carbocycles. The lowest BCUT2D eigenvalue weighted by molar-refractivity contribution is -0.138. The summed E-state index contributed by atoms with van der Waals surface area (Å²) >= 11 is 0. The molecule has 0 aliphatic carbocycles. The fraction of sp³-hybridized carbons (Fsp3) is 0.400. The highest BCUT2D eigenvalue weighted by Gasteiger charge is 2.07. The molecule has 0 saturated carbocycles. The second-order valence-corrected chi connectivity index (χ2v) is 4.52. The Kier molecular flexibility index (Phi) is 4.95. The van der Waals surface area contributed by atoms with Crippen LogP contribution in [0.4, 0.5) is 0 Å². The van der Waals surface area contributed by atoms with E-state index in [1.807, 2.05) is 12.1 Å². The number of esters is 1. The van der Waals surface area contributed by atoms with Crippen molar-refractivity contribution in [3.05, 3.63) is 47.5 Å². The third-order valence-electron chi connectivity index (χ3n) is 2.63. The molecule has 0 radical (unpaired) electrons. The predicted octanol–water partition coefficient (Wildman–Crippen LogP) is 3.47. The van der Waals surface area contributed by atoms with E-state index in [1.165, 1.54) is 11.1 Å². The quantitative estimate of drug-likeness (QED) is 0.574. The fourth-order valence-corrected chi connectivity index (χ4v) is 1.70. The van der Waals surface area contributed by atoms with Gasteiger partial charge in [0.25, 0.3) is 0 Å². The van der Waals surface area contributed by atoms with Crippen LogP contribution in [0.5, 0.6) is 0 Å². The Morgan fingerprint density at radius 2 is 2.00 bits per heavy atom. The predicted molar refractivity (Wildman–Crippen MR) is 70.0 cm³/mol. The molecule has 2 heteroatoms. The van der Waals surface area contributed by atoms with Crippen LogP contribution in [0.3, 0.4) is 0 Å². The van der Waals surface area contributed by atoms with Gasteiger partial charge in [-0.05, 0) is 24.0 Å². The second kappa shape index (κ2) is 6.24. The lowest BCUT2D eigenvalue weighted by Gasteiger charge is -2.12. The molecule has 2 nitrogen and oxygen atoms in total. The summed E-state index contributed by atoms with van der Waals surface area (Å²) in [5, 5.41) is 0.